The van der Waals surface area contributed by atoms with E-state index in [1.165, 1.54) is 0 Å². The zero-order chi connectivity index (χ0) is 25.1. The van der Waals surface area contributed by atoms with Crippen LogP contribution in [0.1, 0.15) is 72.0 Å². The Hall–Kier alpha value is -3.32. The largest absolute Gasteiger partial charge is 0.490 e. The van der Waals surface area contributed by atoms with Crippen LogP contribution in [0.5, 0.6) is 11.5 Å². The van der Waals surface area contributed by atoms with Gasteiger partial charge in [0, 0.05) is 13.2 Å². The lowest BCUT2D eigenvalue weighted by Gasteiger charge is -2.25. The summed E-state index contributed by atoms with van der Waals surface area (Å²) in [6.07, 6.45) is 2.34. The van der Waals surface area contributed by atoms with E-state index in [1.54, 1.807) is 11.0 Å². The molecule has 7 nitrogen and oxygen atoms in total. The van der Waals surface area contributed by atoms with Gasteiger partial charge in [0.25, 0.3) is 5.91 Å². The lowest BCUT2D eigenvalue weighted by Crippen LogP contribution is -2.31. The number of hydrogen-bond donors (Lipinski definition) is 1. The normalized spacial score (nSPS) is 15.1. The maximum absolute atomic E-state index is 13.8. The maximum atomic E-state index is 13.8. The minimum atomic E-state index is -0.644. The minimum Gasteiger partial charge on any atom is -0.490 e. The van der Waals surface area contributed by atoms with Crippen LogP contribution in [-0.4, -0.2) is 42.3 Å². The second-order valence-corrected chi connectivity index (χ2v) is 8.95. The number of hydrogen-bond acceptors (Lipinski definition) is 6. The van der Waals surface area contributed by atoms with Crippen molar-refractivity contribution >= 4 is 16.9 Å². The number of ether oxygens (including phenoxy) is 2. The Balaban J connectivity index is 1.89. The number of aliphatic hydroxyl groups is 1. The summed E-state index contributed by atoms with van der Waals surface area (Å²) in [4.78, 5) is 28.9. The van der Waals surface area contributed by atoms with Crippen LogP contribution >= 0.6 is 0 Å². The van der Waals surface area contributed by atoms with Gasteiger partial charge in [-0.2, -0.15) is 0 Å². The van der Waals surface area contributed by atoms with Gasteiger partial charge in [0.2, 0.25) is 5.76 Å². The van der Waals surface area contributed by atoms with Crippen molar-refractivity contribution in [1.29, 1.82) is 0 Å². The van der Waals surface area contributed by atoms with Gasteiger partial charge in [-0.25, -0.2) is 0 Å². The first-order valence-corrected chi connectivity index (χ1v) is 12.3. The average molecular weight is 480 g/mol. The molecule has 3 aromatic rings. The number of benzene rings is 2. The third-order valence-corrected chi connectivity index (χ3v) is 6.31. The fourth-order valence-electron chi connectivity index (χ4n) is 4.74. The number of rotatable bonds is 10. The molecule has 1 aliphatic heterocycles. The maximum Gasteiger partial charge on any atom is 0.290 e. The van der Waals surface area contributed by atoms with Gasteiger partial charge in [0.05, 0.1) is 30.2 Å². The number of carbonyl (C=O) groups is 1. The Morgan fingerprint density at radius 1 is 1.03 bits per heavy atom. The van der Waals surface area contributed by atoms with Crippen LogP contribution in [0.15, 0.2) is 39.5 Å². The first kappa shape index (κ1) is 24.8. The van der Waals surface area contributed by atoms with E-state index in [0.717, 1.165) is 29.5 Å². The molecule has 1 aliphatic rings. The fraction of sp³-hybridized carbons (Fsp3) is 0.429. The van der Waals surface area contributed by atoms with Crippen molar-refractivity contribution in [3.63, 3.8) is 0 Å². The standard InChI is InChI=1S/C28H33NO6/c1-5-7-13-34-20-10-9-19(16-21(20)33-6-2)25-24-26(31)23-18(4)14-17(3)15-22(23)35-27(24)28(32)29(25)11-8-12-30/h9-10,14-16,25,30H,5-8,11-13H2,1-4H3. The molecule has 35 heavy (non-hydrogen) atoms. The van der Waals surface area contributed by atoms with Crippen LogP contribution in [0.4, 0.5) is 0 Å². The van der Waals surface area contributed by atoms with E-state index in [9.17, 15) is 14.7 Å². The highest BCUT2D eigenvalue weighted by molar-refractivity contribution is 5.99. The number of nitrogens with zero attached hydrogens (tertiary/aromatic N) is 1. The molecule has 1 aromatic heterocycles. The molecular formula is C28H33NO6. The molecule has 1 N–H and O–H groups in total. The second kappa shape index (κ2) is 10.5. The highest BCUT2D eigenvalue weighted by Crippen LogP contribution is 2.41. The predicted octanol–water partition coefficient (Wildman–Crippen LogP) is 4.92. The van der Waals surface area contributed by atoms with Gasteiger partial charge in [-0.3, -0.25) is 9.59 Å². The Morgan fingerprint density at radius 3 is 2.54 bits per heavy atom. The molecule has 0 saturated heterocycles. The third kappa shape index (κ3) is 4.65. The molecule has 0 aliphatic carbocycles. The van der Waals surface area contributed by atoms with Crippen LogP contribution in [0.25, 0.3) is 11.0 Å². The molecule has 4 rings (SSSR count). The Kier molecular flexibility index (Phi) is 7.45. The van der Waals surface area contributed by atoms with E-state index in [4.69, 9.17) is 13.9 Å². The van der Waals surface area contributed by atoms with E-state index in [1.807, 2.05) is 45.0 Å². The number of amides is 1. The number of aliphatic hydroxyl groups excluding tert-OH is 1. The van der Waals surface area contributed by atoms with Crippen molar-refractivity contribution in [2.24, 2.45) is 0 Å². The number of unbranched alkanes of at least 4 members (excludes halogenated alkanes) is 1. The summed E-state index contributed by atoms with van der Waals surface area (Å²) >= 11 is 0. The molecular weight excluding hydrogens is 446 g/mol. The van der Waals surface area contributed by atoms with E-state index in [2.05, 4.69) is 6.92 Å². The average Bonchev–Trinajstić information content (AvgIpc) is 3.10. The molecule has 0 bridgehead atoms. The zero-order valence-electron chi connectivity index (χ0n) is 20.8. The van der Waals surface area contributed by atoms with Gasteiger partial charge in [-0.15, -0.1) is 0 Å². The molecule has 2 aromatic carbocycles. The number of fused-ring (bicyclic) bond motifs is 2. The summed E-state index contributed by atoms with van der Waals surface area (Å²) < 4.78 is 17.9. The summed E-state index contributed by atoms with van der Waals surface area (Å²) in [5, 5.41) is 9.94. The molecule has 0 fully saturated rings. The van der Waals surface area contributed by atoms with E-state index in [-0.39, 0.29) is 30.2 Å². The van der Waals surface area contributed by atoms with E-state index in [0.29, 0.717) is 47.7 Å². The molecule has 1 amide bonds. The van der Waals surface area contributed by atoms with Crippen molar-refractivity contribution in [3.05, 3.63) is 68.6 Å². The lowest BCUT2D eigenvalue weighted by molar-refractivity contribution is 0.0716. The quantitative estimate of drug-likeness (QED) is 0.416. The molecule has 1 atom stereocenters. The lowest BCUT2D eigenvalue weighted by atomic mass is 9.96. The van der Waals surface area contributed by atoms with Gasteiger partial charge in [-0.05, 0) is 68.5 Å². The van der Waals surface area contributed by atoms with Crippen molar-refractivity contribution in [2.75, 3.05) is 26.4 Å². The third-order valence-electron chi connectivity index (χ3n) is 6.31. The van der Waals surface area contributed by atoms with Gasteiger partial charge in [-0.1, -0.05) is 25.5 Å². The van der Waals surface area contributed by atoms with Crippen molar-refractivity contribution in [1.82, 2.24) is 4.90 Å². The van der Waals surface area contributed by atoms with Crippen LogP contribution in [0, 0.1) is 13.8 Å². The van der Waals surface area contributed by atoms with E-state index < -0.39 is 6.04 Å². The van der Waals surface area contributed by atoms with Crippen LogP contribution in [0.3, 0.4) is 0 Å². The first-order valence-electron chi connectivity index (χ1n) is 12.3. The van der Waals surface area contributed by atoms with E-state index >= 15 is 0 Å². The fourth-order valence-corrected chi connectivity index (χ4v) is 4.74. The molecule has 186 valence electrons. The molecule has 7 heteroatoms. The summed E-state index contributed by atoms with van der Waals surface area (Å²) in [6.45, 7) is 9.06. The Morgan fingerprint density at radius 2 is 1.83 bits per heavy atom. The van der Waals surface area contributed by atoms with Crippen LogP contribution in [-0.2, 0) is 0 Å². The summed E-state index contributed by atoms with van der Waals surface area (Å²) in [6, 6.07) is 8.63. The van der Waals surface area contributed by atoms with Gasteiger partial charge >= 0.3 is 0 Å². The SMILES string of the molecule is CCCCOc1ccc(C2c3c(oc4cc(C)cc(C)c4c3=O)C(=O)N2CCCO)cc1OCC. The highest BCUT2D eigenvalue weighted by Gasteiger charge is 2.42. The Bertz CT molecular complexity index is 1290. The predicted molar refractivity (Wildman–Crippen MR) is 135 cm³/mol. The van der Waals surface area contributed by atoms with Gasteiger partial charge in [0.1, 0.15) is 5.58 Å². The second-order valence-electron chi connectivity index (χ2n) is 8.95. The monoisotopic (exact) mass is 479 g/mol. The van der Waals surface area contributed by atoms with Crippen molar-refractivity contribution < 1.29 is 23.8 Å². The zero-order valence-corrected chi connectivity index (χ0v) is 20.8. The van der Waals surface area contributed by atoms with Crippen molar-refractivity contribution in [3.8, 4) is 11.5 Å². The summed E-state index contributed by atoms with van der Waals surface area (Å²) in [5.74, 6) is 0.919. The topological polar surface area (TPSA) is 89.2 Å². The van der Waals surface area contributed by atoms with Crippen LogP contribution < -0.4 is 14.9 Å². The van der Waals surface area contributed by atoms with Crippen LogP contribution in [0.2, 0.25) is 0 Å². The number of aryl methyl sites for hydroxylation is 2. The molecule has 2 heterocycles. The van der Waals surface area contributed by atoms with Gasteiger partial charge < -0.3 is 23.9 Å². The number of carbonyl (C=O) groups excluding carboxylic acids is 1. The first-order chi connectivity index (χ1) is 16.9. The minimum absolute atomic E-state index is 0.0664. The highest BCUT2D eigenvalue weighted by atomic mass is 16.5. The molecule has 1 unspecified atom stereocenters. The molecule has 0 spiro atoms. The molecule has 0 radical (unpaired) electrons. The summed E-state index contributed by atoms with van der Waals surface area (Å²) in [5.41, 5.74) is 3.04. The smallest absolute Gasteiger partial charge is 0.290 e. The van der Waals surface area contributed by atoms with Crippen molar-refractivity contribution in [2.45, 2.75) is 53.0 Å². The molecule has 0 saturated carbocycles. The van der Waals surface area contributed by atoms with Gasteiger partial charge in [0.15, 0.2) is 16.9 Å². The Labute approximate surface area is 205 Å². The summed E-state index contributed by atoms with van der Waals surface area (Å²) in [7, 11) is 0.